The molecule has 1 aromatic heterocycles. The number of anilines is 1. The van der Waals surface area contributed by atoms with E-state index >= 15 is 0 Å². The average molecular weight is 412 g/mol. The summed E-state index contributed by atoms with van der Waals surface area (Å²) in [7, 11) is -3.62. The van der Waals surface area contributed by atoms with Crippen molar-refractivity contribution >= 4 is 32.2 Å². The van der Waals surface area contributed by atoms with Crippen LogP contribution in [0.15, 0.2) is 23.1 Å². The van der Waals surface area contributed by atoms with Crippen LogP contribution in [0, 0.1) is 0 Å². The van der Waals surface area contributed by atoms with Gasteiger partial charge in [0.25, 0.3) is 0 Å². The van der Waals surface area contributed by atoms with Gasteiger partial charge in [-0.25, -0.2) is 8.42 Å². The van der Waals surface area contributed by atoms with E-state index in [1.54, 1.807) is 6.07 Å². The highest BCUT2D eigenvalue weighted by atomic mass is 32.2. The van der Waals surface area contributed by atoms with Crippen molar-refractivity contribution in [2.24, 2.45) is 0 Å². The summed E-state index contributed by atoms with van der Waals surface area (Å²) in [5, 5.41) is 14.3. The van der Waals surface area contributed by atoms with Gasteiger partial charge >= 0.3 is 0 Å². The summed E-state index contributed by atoms with van der Waals surface area (Å²) in [4.78, 5) is 12.0. The largest absolute Gasteiger partial charge is 0.486 e. The second-order valence-electron chi connectivity index (χ2n) is 6.14. The molecule has 0 unspecified atom stereocenters. The highest BCUT2D eigenvalue weighted by Gasteiger charge is 2.20. The van der Waals surface area contributed by atoms with Crippen molar-refractivity contribution < 1.29 is 22.7 Å². The quantitative estimate of drug-likeness (QED) is 0.700. The lowest BCUT2D eigenvalue weighted by Gasteiger charge is -2.18. The monoisotopic (exact) mass is 412 g/mol. The molecule has 0 atom stereocenters. The predicted octanol–water partition coefficient (Wildman–Crippen LogP) is 1.39. The molecule has 1 aliphatic heterocycles. The van der Waals surface area contributed by atoms with Crippen LogP contribution in [0.1, 0.15) is 24.8 Å². The van der Waals surface area contributed by atoms with Gasteiger partial charge in [0.1, 0.15) is 24.1 Å². The highest BCUT2D eigenvalue weighted by Crippen LogP contribution is 2.32. The zero-order chi connectivity index (χ0) is 19.4. The van der Waals surface area contributed by atoms with Crippen molar-refractivity contribution in [1.29, 1.82) is 0 Å². The van der Waals surface area contributed by atoms with Gasteiger partial charge in [-0.05, 0) is 12.1 Å². The van der Waals surface area contributed by atoms with Crippen LogP contribution in [0.4, 0.5) is 5.13 Å². The fourth-order valence-electron chi connectivity index (χ4n) is 2.28. The van der Waals surface area contributed by atoms with Crippen molar-refractivity contribution in [3.05, 3.63) is 23.2 Å². The Bertz CT molecular complexity index is 927. The van der Waals surface area contributed by atoms with Gasteiger partial charge < -0.3 is 9.47 Å². The lowest BCUT2D eigenvalue weighted by atomic mass is 10.2. The Kier molecular flexibility index (Phi) is 5.92. The molecule has 11 heteroatoms. The number of sulfone groups is 1. The molecular formula is C16H20N4O5S2. The molecule has 3 rings (SSSR count). The van der Waals surface area contributed by atoms with Gasteiger partial charge in [0.05, 0.1) is 11.4 Å². The van der Waals surface area contributed by atoms with Crippen LogP contribution < -0.4 is 20.1 Å². The topological polar surface area (TPSA) is 120 Å². The smallest absolute Gasteiger partial charge is 0.240 e. The summed E-state index contributed by atoms with van der Waals surface area (Å²) in [6.45, 7) is 4.61. The number of amides is 1. The van der Waals surface area contributed by atoms with Crippen molar-refractivity contribution in [3.63, 3.8) is 0 Å². The second kappa shape index (κ2) is 8.19. The van der Waals surface area contributed by atoms with E-state index in [2.05, 4.69) is 20.8 Å². The third-order valence-electron chi connectivity index (χ3n) is 3.63. The third kappa shape index (κ3) is 4.93. The first-order valence-corrected chi connectivity index (χ1v) is 10.8. The normalized spacial score (nSPS) is 13.6. The molecule has 0 saturated heterocycles. The van der Waals surface area contributed by atoms with Gasteiger partial charge in [0.15, 0.2) is 21.3 Å². The predicted molar refractivity (Wildman–Crippen MR) is 100 cm³/mol. The number of nitrogens with zero attached hydrogens (tertiary/aromatic N) is 2. The molecule has 1 aromatic carbocycles. The maximum Gasteiger partial charge on any atom is 0.240 e. The van der Waals surface area contributed by atoms with Crippen LogP contribution in [0.25, 0.3) is 0 Å². The minimum Gasteiger partial charge on any atom is -0.486 e. The molecule has 0 saturated carbocycles. The summed E-state index contributed by atoms with van der Waals surface area (Å²) in [5.41, 5.74) is 0. The Labute approximate surface area is 161 Å². The summed E-state index contributed by atoms with van der Waals surface area (Å²) < 4.78 is 35.6. The van der Waals surface area contributed by atoms with Crippen LogP contribution in [0.2, 0.25) is 0 Å². The first-order valence-electron chi connectivity index (χ1n) is 8.31. The number of hydrogen-bond acceptors (Lipinski definition) is 9. The van der Waals surface area contributed by atoms with Crippen molar-refractivity contribution in [3.8, 4) is 11.5 Å². The van der Waals surface area contributed by atoms with E-state index in [1.165, 1.54) is 23.5 Å². The number of fused-ring (bicyclic) bond motifs is 1. The molecule has 2 aromatic rings. The molecule has 2 heterocycles. The second-order valence-corrected chi connectivity index (χ2v) is 9.14. The number of ether oxygens (including phenoxy) is 2. The van der Waals surface area contributed by atoms with E-state index in [0.29, 0.717) is 29.8 Å². The average Bonchev–Trinajstić information content (AvgIpc) is 3.10. The molecular weight excluding hydrogens is 392 g/mol. The number of benzene rings is 1. The molecule has 1 amide bonds. The maximum absolute atomic E-state index is 12.4. The number of carbonyl (C=O) groups is 1. The molecule has 2 N–H and O–H groups in total. The lowest BCUT2D eigenvalue weighted by Crippen LogP contribution is -2.32. The first kappa shape index (κ1) is 19.5. The summed E-state index contributed by atoms with van der Waals surface area (Å²) >= 11 is 1.29. The Hall–Kier alpha value is -2.24. The molecule has 1 aliphatic rings. The van der Waals surface area contributed by atoms with E-state index in [-0.39, 0.29) is 29.1 Å². The van der Waals surface area contributed by atoms with Crippen molar-refractivity contribution in [2.75, 3.05) is 31.0 Å². The fraction of sp³-hybridized carbons (Fsp3) is 0.438. The van der Waals surface area contributed by atoms with E-state index in [1.807, 2.05) is 13.8 Å². The van der Waals surface area contributed by atoms with Crippen LogP contribution in [-0.2, 0) is 14.6 Å². The van der Waals surface area contributed by atoms with E-state index in [4.69, 9.17) is 9.47 Å². The standard InChI is InChI=1S/C16H20N4O5S2/c1-10(2)15-19-20-16(26-15)18-14(21)8-17-9-27(22,23)11-3-4-12-13(7-11)25-6-5-24-12/h3-4,7,10,17H,5-6,8-9H2,1-2H3,(H,18,20,21). The van der Waals surface area contributed by atoms with Gasteiger partial charge in [-0.15, -0.1) is 10.2 Å². The highest BCUT2D eigenvalue weighted by molar-refractivity contribution is 7.91. The SMILES string of the molecule is CC(C)c1nnc(NC(=O)CNCS(=O)(=O)c2ccc3c(c2)OCCO3)s1. The van der Waals surface area contributed by atoms with Gasteiger partial charge in [-0.1, -0.05) is 25.2 Å². The van der Waals surface area contributed by atoms with E-state index < -0.39 is 9.84 Å². The Morgan fingerprint density at radius 2 is 1.96 bits per heavy atom. The minimum atomic E-state index is -3.62. The van der Waals surface area contributed by atoms with Crippen LogP contribution in [0.5, 0.6) is 11.5 Å². The number of carbonyl (C=O) groups excluding carboxylic acids is 1. The van der Waals surface area contributed by atoms with Gasteiger partial charge in [-0.3, -0.25) is 15.4 Å². The Morgan fingerprint density at radius 3 is 2.67 bits per heavy atom. The number of rotatable bonds is 7. The fourth-order valence-corrected chi connectivity index (χ4v) is 4.14. The maximum atomic E-state index is 12.4. The molecule has 0 bridgehead atoms. The summed E-state index contributed by atoms with van der Waals surface area (Å²) in [5.74, 6) is 0.372. The van der Waals surface area contributed by atoms with E-state index in [0.717, 1.165) is 5.01 Å². The first-order chi connectivity index (χ1) is 12.8. The van der Waals surface area contributed by atoms with Crippen molar-refractivity contribution in [2.45, 2.75) is 24.7 Å². The van der Waals surface area contributed by atoms with Crippen LogP contribution in [-0.4, -0.2) is 50.2 Å². The zero-order valence-electron chi connectivity index (χ0n) is 14.9. The van der Waals surface area contributed by atoms with E-state index in [9.17, 15) is 13.2 Å². The van der Waals surface area contributed by atoms with Crippen LogP contribution in [0.3, 0.4) is 0 Å². The number of nitrogens with one attached hydrogen (secondary N) is 2. The molecule has 0 aliphatic carbocycles. The summed E-state index contributed by atoms with van der Waals surface area (Å²) in [6, 6.07) is 4.45. The van der Waals surface area contributed by atoms with Crippen molar-refractivity contribution in [1.82, 2.24) is 15.5 Å². The molecule has 0 fully saturated rings. The zero-order valence-corrected chi connectivity index (χ0v) is 16.5. The molecule has 0 spiro atoms. The third-order valence-corrected chi connectivity index (χ3v) is 6.33. The number of aromatic nitrogens is 2. The molecule has 0 radical (unpaired) electrons. The van der Waals surface area contributed by atoms with Gasteiger partial charge in [0.2, 0.25) is 11.0 Å². The number of hydrogen-bond donors (Lipinski definition) is 2. The molecule has 27 heavy (non-hydrogen) atoms. The minimum absolute atomic E-state index is 0.102. The van der Waals surface area contributed by atoms with Crippen LogP contribution >= 0.6 is 11.3 Å². The Balaban J connectivity index is 1.53. The lowest BCUT2D eigenvalue weighted by molar-refractivity contribution is -0.115. The molecule has 146 valence electrons. The molecule has 9 nitrogen and oxygen atoms in total. The van der Waals surface area contributed by atoms with Gasteiger partial charge in [-0.2, -0.15) is 0 Å². The van der Waals surface area contributed by atoms with Gasteiger partial charge in [0, 0.05) is 12.0 Å². The Morgan fingerprint density at radius 1 is 1.22 bits per heavy atom. The summed E-state index contributed by atoms with van der Waals surface area (Å²) in [6.07, 6.45) is 0.